The summed E-state index contributed by atoms with van der Waals surface area (Å²) in [5, 5.41) is 22.5. The summed E-state index contributed by atoms with van der Waals surface area (Å²) in [5.74, 6) is 0.591. The van der Waals surface area contributed by atoms with E-state index in [-0.39, 0.29) is 5.92 Å². The molecule has 0 aliphatic heterocycles. The standard InChI is InChI=1S/C21H17N5/c22-10-15-1-4-17(5-2-15)19-8-6-18-9-16(11-23)3-7-20(18)21(19)12-26-14-24-13-25-26/h1-5,7,9,13-14,19,21H,6,8,12H2/t19-,21?/m1/s1. The molecule has 1 unspecified atom stereocenters. The van der Waals surface area contributed by atoms with Gasteiger partial charge in [0.25, 0.3) is 0 Å². The summed E-state index contributed by atoms with van der Waals surface area (Å²) in [4.78, 5) is 4.06. The molecule has 0 fully saturated rings. The van der Waals surface area contributed by atoms with Crippen LogP contribution in [0.4, 0.5) is 0 Å². The second-order valence-corrected chi connectivity index (χ2v) is 6.63. The van der Waals surface area contributed by atoms with E-state index >= 15 is 0 Å². The number of nitrogens with zero attached hydrogens (tertiary/aromatic N) is 5. The van der Waals surface area contributed by atoms with Gasteiger partial charge >= 0.3 is 0 Å². The van der Waals surface area contributed by atoms with Crippen molar-refractivity contribution in [3.8, 4) is 12.1 Å². The number of nitriles is 2. The van der Waals surface area contributed by atoms with E-state index in [1.807, 2.05) is 28.9 Å². The highest BCUT2D eigenvalue weighted by atomic mass is 15.3. The summed E-state index contributed by atoms with van der Waals surface area (Å²) in [5.41, 5.74) is 5.15. The minimum atomic E-state index is 0.251. The van der Waals surface area contributed by atoms with E-state index in [0.717, 1.165) is 19.4 Å². The average Bonchev–Trinajstić information content (AvgIpc) is 3.21. The highest BCUT2D eigenvalue weighted by molar-refractivity contribution is 5.44. The van der Waals surface area contributed by atoms with Crippen LogP contribution < -0.4 is 0 Å². The molecule has 0 amide bonds. The summed E-state index contributed by atoms with van der Waals surface area (Å²) in [6, 6.07) is 18.3. The number of rotatable bonds is 3. The first-order chi connectivity index (χ1) is 12.8. The van der Waals surface area contributed by atoms with Crippen LogP contribution in [0.1, 0.15) is 46.1 Å². The monoisotopic (exact) mass is 339 g/mol. The Kier molecular flexibility index (Phi) is 4.21. The summed E-state index contributed by atoms with van der Waals surface area (Å²) >= 11 is 0. The quantitative estimate of drug-likeness (QED) is 0.731. The lowest BCUT2D eigenvalue weighted by molar-refractivity contribution is 0.405. The topological polar surface area (TPSA) is 78.3 Å². The van der Waals surface area contributed by atoms with Gasteiger partial charge in [0.1, 0.15) is 12.7 Å². The SMILES string of the molecule is N#Cc1ccc([C@H]2CCc3cc(C#N)ccc3C2Cn2cncn2)cc1. The highest BCUT2D eigenvalue weighted by Gasteiger charge is 2.31. The second-order valence-electron chi connectivity index (χ2n) is 6.63. The third-order valence-electron chi connectivity index (χ3n) is 5.20. The molecule has 0 spiro atoms. The zero-order chi connectivity index (χ0) is 17.9. The molecule has 4 rings (SSSR count). The fourth-order valence-electron chi connectivity index (χ4n) is 3.94. The number of hydrogen-bond acceptors (Lipinski definition) is 4. The Bertz CT molecular complexity index is 990. The van der Waals surface area contributed by atoms with E-state index in [2.05, 4.69) is 40.4 Å². The molecule has 1 aliphatic rings. The Morgan fingerprint density at radius 3 is 2.50 bits per heavy atom. The molecule has 26 heavy (non-hydrogen) atoms. The van der Waals surface area contributed by atoms with Crippen molar-refractivity contribution in [2.75, 3.05) is 0 Å². The van der Waals surface area contributed by atoms with Crippen molar-refractivity contribution in [1.82, 2.24) is 14.8 Å². The minimum Gasteiger partial charge on any atom is -0.252 e. The Hall–Kier alpha value is -3.44. The predicted octanol–water partition coefficient (Wildman–Crippen LogP) is 3.54. The van der Waals surface area contributed by atoms with Gasteiger partial charge in [-0.1, -0.05) is 18.2 Å². The molecule has 5 nitrogen and oxygen atoms in total. The first kappa shape index (κ1) is 16.1. The predicted molar refractivity (Wildman–Crippen MR) is 96.1 cm³/mol. The van der Waals surface area contributed by atoms with Crippen molar-refractivity contribution in [1.29, 1.82) is 10.5 Å². The largest absolute Gasteiger partial charge is 0.252 e. The molecule has 2 aromatic carbocycles. The molecule has 2 atom stereocenters. The van der Waals surface area contributed by atoms with Gasteiger partial charge in [-0.15, -0.1) is 0 Å². The molecule has 0 saturated carbocycles. The van der Waals surface area contributed by atoms with Crippen LogP contribution in [0.3, 0.4) is 0 Å². The summed E-state index contributed by atoms with van der Waals surface area (Å²) in [6.07, 6.45) is 5.25. The normalized spacial score (nSPS) is 18.5. The molecule has 1 aromatic heterocycles. The van der Waals surface area contributed by atoms with E-state index < -0.39 is 0 Å². The smallest absolute Gasteiger partial charge is 0.137 e. The Morgan fingerprint density at radius 2 is 1.81 bits per heavy atom. The Morgan fingerprint density at radius 1 is 1.04 bits per heavy atom. The summed E-state index contributed by atoms with van der Waals surface area (Å²) in [6.45, 7) is 0.740. The highest BCUT2D eigenvalue weighted by Crippen LogP contribution is 2.43. The van der Waals surface area contributed by atoms with Crippen LogP contribution in [0.15, 0.2) is 55.1 Å². The zero-order valence-electron chi connectivity index (χ0n) is 14.2. The van der Waals surface area contributed by atoms with Gasteiger partial charge in [0.15, 0.2) is 0 Å². The molecule has 0 bridgehead atoms. The molecular formula is C21H17N5. The van der Waals surface area contributed by atoms with Crippen LogP contribution in [0.5, 0.6) is 0 Å². The molecule has 5 heteroatoms. The number of aryl methyl sites for hydroxylation is 1. The number of fused-ring (bicyclic) bond motifs is 1. The fraction of sp³-hybridized carbons (Fsp3) is 0.238. The van der Waals surface area contributed by atoms with E-state index in [0.29, 0.717) is 17.0 Å². The second kappa shape index (κ2) is 6.82. The zero-order valence-corrected chi connectivity index (χ0v) is 14.2. The van der Waals surface area contributed by atoms with Crippen LogP contribution >= 0.6 is 0 Å². The van der Waals surface area contributed by atoms with E-state index in [4.69, 9.17) is 5.26 Å². The van der Waals surface area contributed by atoms with Gasteiger partial charge < -0.3 is 0 Å². The third kappa shape index (κ3) is 2.96. The van der Waals surface area contributed by atoms with Crippen molar-refractivity contribution in [2.24, 2.45) is 0 Å². The molecular weight excluding hydrogens is 322 g/mol. The lowest BCUT2D eigenvalue weighted by Crippen LogP contribution is -2.24. The van der Waals surface area contributed by atoms with Crippen LogP contribution in [0, 0.1) is 22.7 Å². The van der Waals surface area contributed by atoms with Crippen LogP contribution in [-0.4, -0.2) is 14.8 Å². The van der Waals surface area contributed by atoms with Crippen molar-refractivity contribution in [3.63, 3.8) is 0 Å². The fourth-order valence-corrected chi connectivity index (χ4v) is 3.94. The van der Waals surface area contributed by atoms with Gasteiger partial charge in [0, 0.05) is 5.92 Å². The van der Waals surface area contributed by atoms with Gasteiger partial charge in [0.2, 0.25) is 0 Å². The van der Waals surface area contributed by atoms with Crippen LogP contribution in [-0.2, 0) is 13.0 Å². The Balaban J connectivity index is 1.75. The number of hydrogen-bond donors (Lipinski definition) is 0. The van der Waals surface area contributed by atoms with Crippen molar-refractivity contribution in [2.45, 2.75) is 31.2 Å². The maximum atomic E-state index is 9.19. The van der Waals surface area contributed by atoms with Crippen molar-refractivity contribution < 1.29 is 0 Å². The van der Waals surface area contributed by atoms with Crippen LogP contribution in [0.25, 0.3) is 0 Å². The van der Waals surface area contributed by atoms with E-state index in [1.165, 1.54) is 16.7 Å². The number of benzene rings is 2. The lowest BCUT2D eigenvalue weighted by atomic mass is 9.71. The first-order valence-corrected chi connectivity index (χ1v) is 8.64. The van der Waals surface area contributed by atoms with Crippen molar-refractivity contribution in [3.05, 3.63) is 82.9 Å². The summed E-state index contributed by atoms with van der Waals surface area (Å²) in [7, 11) is 0. The van der Waals surface area contributed by atoms with Crippen LogP contribution in [0.2, 0.25) is 0 Å². The maximum absolute atomic E-state index is 9.19. The van der Waals surface area contributed by atoms with E-state index in [1.54, 1.807) is 12.7 Å². The molecule has 0 N–H and O–H groups in total. The number of aromatic nitrogens is 3. The van der Waals surface area contributed by atoms with E-state index in [9.17, 15) is 5.26 Å². The summed E-state index contributed by atoms with van der Waals surface area (Å²) < 4.78 is 1.87. The van der Waals surface area contributed by atoms with Gasteiger partial charge in [-0.3, -0.25) is 4.68 Å². The first-order valence-electron chi connectivity index (χ1n) is 8.64. The molecule has 126 valence electrons. The molecule has 1 aliphatic carbocycles. The Labute approximate surface area is 152 Å². The van der Waals surface area contributed by atoms with Gasteiger partial charge in [-0.2, -0.15) is 15.6 Å². The van der Waals surface area contributed by atoms with Gasteiger partial charge in [0.05, 0.1) is 29.8 Å². The molecule has 1 heterocycles. The lowest BCUT2D eigenvalue weighted by Gasteiger charge is -2.34. The molecule has 3 aromatic rings. The third-order valence-corrected chi connectivity index (χ3v) is 5.20. The van der Waals surface area contributed by atoms with Gasteiger partial charge in [-0.25, -0.2) is 4.98 Å². The molecule has 0 saturated heterocycles. The average molecular weight is 339 g/mol. The van der Waals surface area contributed by atoms with Gasteiger partial charge in [-0.05, 0) is 59.7 Å². The maximum Gasteiger partial charge on any atom is 0.137 e. The minimum absolute atomic E-state index is 0.251. The molecule has 0 radical (unpaired) electrons. The van der Waals surface area contributed by atoms with Crippen molar-refractivity contribution >= 4 is 0 Å².